The molecule has 2 rings (SSSR count). The van der Waals surface area contributed by atoms with Crippen LogP contribution in [0, 0.1) is 0 Å². The van der Waals surface area contributed by atoms with Crippen LogP contribution in [0.1, 0.15) is 5.56 Å². The zero-order valence-electron chi connectivity index (χ0n) is 10.0. The van der Waals surface area contributed by atoms with Crippen LogP contribution in [0.4, 0.5) is 18.9 Å². The highest BCUT2D eigenvalue weighted by Crippen LogP contribution is 2.32. The standard InChI is InChI=1S/C13H11F3N2O/c1-18-7-9(6-11(17)12(18)19)8-3-2-4-10(5-8)13(14,15)16/h2-7H,17H2,1H3. The van der Waals surface area contributed by atoms with E-state index >= 15 is 0 Å². The number of aryl methyl sites for hydroxylation is 1. The Balaban J connectivity index is 2.57. The van der Waals surface area contributed by atoms with Gasteiger partial charge in [0.1, 0.15) is 0 Å². The third-order valence-electron chi connectivity index (χ3n) is 2.73. The summed E-state index contributed by atoms with van der Waals surface area (Å²) in [6, 6.07) is 6.25. The van der Waals surface area contributed by atoms with Gasteiger partial charge < -0.3 is 10.3 Å². The van der Waals surface area contributed by atoms with Crippen molar-refractivity contribution >= 4 is 5.69 Å². The van der Waals surface area contributed by atoms with Crippen molar-refractivity contribution in [1.29, 1.82) is 0 Å². The SMILES string of the molecule is Cn1cc(-c2cccc(C(F)(F)F)c2)cc(N)c1=O. The zero-order chi connectivity index (χ0) is 14.2. The van der Waals surface area contributed by atoms with Crippen molar-refractivity contribution in [1.82, 2.24) is 4.57 Å². The number of pyridine rings is 1. The van der Waals surface area contributed by atoms with Crippen LogP contribution in [-0.2, 0) is 13.2 Å². The largest absolute Gasteiger partial charge is 0.416 e. The molecule has 2 N–H and O–H groups in total. The number of nitrogen functional groups attached to an aromatic ring is 1. The number of benzene rings is 1. The lowest BCUT2D eigenvalue weighted by molar-refractivity contribution is -0.137. The fourth-order valence-electron chi connectivity index (χ4n) is 1.77. The van der Waals surface area contributed by atoms with Crippen LogP contribution in [0.2, 0.25) is 0 Å². The Morgan fingerprint density at radius 1 is 1.16 bits per heavy atom. The van der Waals surface area contributed by atoms with Gasteiger partial charge in [-0.05, 0) is 23.8 Å². The van der Waals surface area contributed by atoms with Gasteiger partial charge in [-0.2, -0.15) is 13.2 Å². The van der Waals surface area contributed by atoms with E-state index in [1.165, 1.54) is 36.0 Å². The Bertz CT molecular complexity index is 648. The summed E-state index contributed by atoms with van der Waals surface area (Å²) in [7, 11) is 1.50. The zero-order valence-corrected chi connectivity index (χ0v) is 10.0. The van der Waals surface area contributed by atoms with E-state index in [9.17, 15) is 18.0 Å². The molecule has 1 aromatic carbocycles. The fourth-order valence-corrected chi connectivity index (χ4v) is 1.77. The molecule has 6 heteroatoms. The molecule has 0 unspecified atom stereocenters. The van der Waals surface area contributed by atoms with Crippen molar-refractivity contribution in [2.75, 3.05) is 5.73 Å². The Kier molecular flexibility index (Phi) is 3.09. The molecule has 0 fully saturated rings. The lowest BCUT2D eigenvalue weighted by Gasteiger charge is -2.10. The number of hydrogen-bond donors (Lipinski definition) is 1. The average molecular weight is 268 g/mol. The van der Waals surface area contributed by atoms with Crippen LogP contribution in [-0.4, -0.2) is 4.57 Å². The average Bonchev–Trinajstić information content (AvgIpc) is 2.34. The number of nitrogens with zero attached hydrogens (tertiary/aromatic N) is 1. The third-order valence-corrected chi connectivity index (χ3v) is 2.73. The Labute approximate surface area is 107 Å². The van der Waals surface area contributed by atoms with E-state index in [0.29, 0.717) is 11.1 Å². The first-order chi connectivity index (χ1) is 8.79. The van der Waals surface area contributed by atoms with Crippen molar-refractivity contribution in [3.8, 4) is 11.1 Å². The molecule has 0 aliphatic carbocycles. The molecule has 0 saturated carbocycles. The molecule has 0 saturated heterocycles. The van der Waals surface area contributed by atoms with Crippen molar-refractivity contribution in [3.63, 3.8) is 0 Å². The van der Waals surface area contributed by atoms with Gasteiger partial charge in [0.15, 0.2) is 0 Å². The predicted octanol–water partition coefficient (Wildman–Crippen LogP) is 2.65. The number of rotatable bonds is 1. The minimum absolute atomic E-state index is 0.00240. The molecule has 19 heavy (non-hydrogen) atoms. The highest BCUT2D eigenvalue weighted by atomic mass is 19.4. The number of aromatic nitrogens is 1. The van der Waals surface area contributed by atoms with Crippen LogP contribution in [0.5, 0.6) is 0 Å². The summed E-state index contributed by atoms with van der Waals surface area (Å²) in [6.07, 6.45) is -2.95. The molecule has 1 aromatic heterocycles. The summed E-state index contributed by atoms with van der Waals surface area (Å²) in [5, 5.41) is 0. The minimum Gasteiger partial charge on any atom is -0.394 e. The van der Waals surface area contributed by atoms with E-state index in [2.05, 4.69) is 0 Å². The number of anilines is 1. The summed E-state index contributed by atoms with van der Waals surface area (Å²) >= 11 is 0. The Morgan fingerprint density at radius 3 is 2.42 bits per heavy atom. The van der Waals surface area contributed by atoms with Crippen LogP contribution < -0.4 is 11.3 Å². The van der Waals surface area contributed by atoms with Gasteiger partial charge in [0, 0.05) is 18.8 Å². The second kappa shape index (κ2) is 4.46. The molecule has 100 valence electrons. The summed E-state index contributed by atoms with van der Waals surface area (Å²) in [5.74, 6) is 0. The number of nitrogens with two attached hydrogens (primary N) is 1. The maximum atomic E-state index is 12.6. The summed E-state index contributed by atoms with van der Waals surface area (Å²) < 4.78 is 39.1. The van der Waals surface area contributed by atoms with E-state index in [1.54, 1.807) is 0 Å². The molecule has 0 amide bonds. The van der Waals surface area contributed by atoms with Gasteiger partial charge in [0.2, 0.25) is 0 Å². The molecule has 0 aliphatic rings. The minimum atomic E-state index is -4.40. The third kappa shape index (κ3) is 2.62. The van der Waals surface area contributed by atoms with Gasteiger partial charge in [0.25, 0.3) is 5.56 Å². The monoisotopic (exact) mass is 268 g/mol. The molecule has 2 aromatic rings. The van der Waals surface area contributed by atoms with Crippen molar-refractivity contribution < 1.29 is 13.2 Å². The molecule has 0 aliphatic heterocycles. The smallest absolute Gasteiger partial charge is 0.394 e. The number of halogens is 3. The molecular formula is C13H11F3N2O. The number of alkyl halides is 3. The van der Waals surface area contributed by atoms with Crippen LogP contribution in [0.25, 0.3) is 11.1 Å². The Morgan fingerprint density at radius 2 is 1.84 bits per heavy atom. The first-order valence-corrected chi connectivity index (χ1v) is 5.43. The predicted molar refractivity (Wildman–Crippen MR) is 66.5 cm³/mol. The first kappa shape index (κ1) is 13.2. The van der Waals surface area contributed by atoms with Crippen LogP contribution in [0.3, 0.4) is 0 Å². The van der Waals surface area contributed by atoms with Gasteiger partial charge in [0.05, 0.1) is 11.3 Å². The van der Waals surface area contributed by atoms with Gasteiger partial charge in [-0.1, -0.05) is 12.1 Å². The van der Waals surface area contributed by atoms with E-state index in [4.69, 9.17) is 5.73 Å². The van der Waals surface area contributed by atoms with Gasteiger partial charge in [-0.15, -0.1) is 0 Å². The molecule has 0 atom stereocenters. The molecule has 3 nitrogen and oxygen atoms in total. The molecule has 0 radical (unpaired) electrons. The van der Waals surface area contributed by atoms with E-state index in [0.717, 1.165) is 12.1 Å². The van der Waals surface area contributed by atoms with Crippen LogP contribution >= 0.6 is 0 Å². The highest BCUT2D eigenvalue weighted by molar-refractivity contribution is 5.66. The summed E-state index contributed by atoms with van der Waals surface area (Å²) in [4.78, 5) is 11.4. The second-order valence-electron chi connectivity index (χ2n) is 4.18. The maximum Gasteiger partial charge on any atom is 0.416 e. The maximum absolute atomic E-state index is 12.6. The highest BCUT2D eigenvalue weighted by Gasteiger charge is 2.30. The van der Waals surface area contributed by atoms with Gasteiger partial charge >= 0.3 is 6.18 Å². The molecule has 1 heterocycles. The summed E-state index contributed by atoms with van der Waals surface area (Å²) in [6.45, 7) is 0. The number of hydrogen-bond acceptors (Lipinski definition) is 2. The van der Waals surface area contributed by atoms with Crippen molar-refractivity contribution in [2.24, 2.45) is 7.05 Å². The quantitative estimate of drug-likeness (QED) is 0.864. The fraction of sp³-hybridized carbons (Fsp3) is 0.154. The van der Waals surface area contributed by atoms with Gasteiger partial charge in [-0.3, -0.25) is 4.79 Å². The molecular weight excluding hydrogens is 257 g/mol. The first-order valence-electron chi connectivity index (χ1n) is 5.43. The normalized spacial score (nSPS) is 11.6. The lowest BCUT2D eigenvalue weighted by Crippen LogP contribution is -2.19. The second-order valence-corrected chi connectivity index (χ2v) is 4.18. The summed E-state index contributed by atoms with van der Waals surface area (Å²) in [5.41, 5.74) is 5.23. The topological polar surface area (TPSA) is 48.0 Å². The van der Waals surface area contributed by atoms with E-state index < -0.39 is 11.7 Å². The van der Waals surface area contributed by atoms with Crippen LogP contribution in [0.15, 0.2) is 41.3 Å². The van der Waals surface area contributed by atoms with Crippen molar-refractivity contribution in [2.45, 2.75) is 6.18 Å². The van der Waals surface area contributed by atoms with Crippen molar-refractivity contribution in [3.05, 3.63) is 52.4 Å². The van der Waals surface area contributed by atoms with Gasteiger partial charge in [-0.25, -0.2) is 0 Å². The lowest BCUT2D eigenvalue weighted by atomic mass is 10.0. The molecule has 0 bridgehead atoms. The molecule has 0 spiro atoms. The van der Waals surface area contributed by atoms with E-state index in [-0.39, 0.29) is 11.2 Å². The Hall–Kier alpha value is -2.24. The van der Waals surface area contributed by atoms with E-state index in [1.807, 2.05) is 0 Å².